The van der Waals surface area contributed by atoms with Crippen LogP contribution in [0.5, 0.6) is 11.5 Å². The van der Waals surface area contributed by atoms with Gasteiger partial charge in [-0.3, -0.25) is 14.6 Å². The topological polar surface area (TPSA) is 89.6 Å². The number of hydrogen-bond donors (Lipinski definition) is 2. The summed E-state index contributed by atoms with van der Waals surface area (Å²) in [4.78, 5) is 28.5. The van der Waals surface area contributed by atoms with Crippen molar-refractivity contribution in [2.75, 3.05) is 7.11 Å². The summed E-state index contributed by atoms with van der Waals surface area (Å²) in [6.07, 6.45) is 3.62. The van der Waals surface area contributed by atoms with Gasteiger partial charge in [-0.05, 0) is 54.4 Å². The summed E-state index contributed by atoms with van der Waals surface area (Å²) < 4.78 is 11.3. The van der Waals surface area contributed by atoms with E-state index in [1.54, 1.807) is 50.7 Å². The van der Waals surface area contributed by atoms with E-state index in [4.69, 9.17) is 9.47 Å². The summed E-state index contributed by atoms with van der Waals surface area (Å²) in [5.41, 5.74) is 2.46. The molecule has 0 aliphatic heterocycles. The second kappa shape index (κ2) is 11.5. The average molecular weight is 434 g/mol. The first kappa shape index (κ1) is 22.8. The zero-order valence-electron chi connectivity index (χ0n) is 18.2. The maximum atomic E-state index is 12.3. The summed E-state index contributed by atoms with van der Waals surface area (Å²) in [6.45, 7) is 2.55. The Labute approximate surface area is 187 Å². The van der Waals surface area contributed by atoms with E-state index in [-0.39, 0.29) is 24.3 Å². The third-order valence-electron chi connectivity index (χ3n) is 4.77. The van der Waals surface area contributed by atoms with Gasteiger partial charge in [0.1, 0.15) is 6.61 Å². The fourth-order valence-electron chi connectivity index (χ4n) is 3.08. The van der Waals surface area contributed by atoms with Gasteiger partial charge in [-0.15, -0.1) is 0 Å². The van der Waals surface area contributed by atoms with Gasteiger partial charge in [0.05, 0.1) is 7.11 Å². The lowest BCUT2D eigenvalue weighted by Crippen LogP contribution is -2.37. The summed E-state index contributed by atoms with van der Waals surface area (Å²) in [7, 11) is 1.58. The van der Waals surface area contributed by atoms with Crippen molar-refractivity contribution in [2.45, 2.75) is 32.5 Å². The number of methoxy groups -OCH3 is 1. The Morgan fingerprint density at radius 1 is 0.969 bits per heavy atom. The summed E-state index contributed by atoms with van der Waals surface area (Å²) in [5, 5.41) is 5.72. The van der Waals surface area contributed by atoms with Gasteiger partial charge in [-0.25, -0.2) is 0 Å². The minimum Gasteiger partial charge on any atom is -0.493 e. The number of aromatic nitrogens is 1. The van der Waals surface area contributed by atoms with Crippen LogP contribution >= 0.6 is 0 Å². The van der Waals surface area contributed by atoms with E-state index in [2.05, 4.69) is 15.6 Å². The van der Waals surface area contributed by atoms with Gasteiger partial charge in [0.2, 0.25) is 5.91 Å². The summed E-state index contributed by atoms with van der Waals surface area (Å²) in [5.74, 6) is 0.867. The average Bonchev–Trinajstić information content (AvgIpc) is 2.82. The van der Waals surface area contributed by atoms with E-state index in [1.165, 1.54) is 0 Å². The van der Waals surface area contributed by atoms with Gasteiger partial charge < -0.3 is 20.1 Å². The van der Waals surface area contributed by atoms with Crippen LogP contribution in [-0.4, -0.2) is 29.9 Å². The fraction of sp³-hybridized carbons (Fsp3) is 0.240. The molecule has 7 nitrogen and oxygen atoms in total. The molecule has 0 saturated heterocycles. The summed E-state index contributed by atoms with van der Waals surface area (Å²) >= 11 is 0. The maximum absolute atomic E-state index is 12.3. The molecule has 1 aromatic heterocycles. The first-order valence-electron chi connectivity index (χ1n) is 10.4. The molecule has 32 heavy (non-hydrogen) atoms. The predicted octanol–water partition coefficient (Wildman–Crippen LogP) is 3.49. The number of hydrogen-bond acceptors (Lipinski definition) is 5. The molecule has 0 bridgehead atoms. The fourth-order valence-corrected chi connectivity index (χ4v) is 3.08. The molecule has 2 aromatic carbocycles. The number of ether oxygens (including phenoxy) is 2. The van der Waals surface area contributed by atoms with Crippen LogP contribution in [0, 0.1) is 0 Å². The van der Waals surface area contributed by atoms with Crippen molar-refractivity contribution in [1.29, 1.82) is 0 Å². The Balaban J connectivity index is 1.48. The van der Waals surface area contributed by atoms with Crippen LogP contribution in [0.3, 0.4) is 0 Å². The lowest BCUT2D eigenvalue weighted by atomic mass is 10.1. The van der Waals surface area contributed by atoms with Gasteiger partial charge in [0, 0.05) is 37.0 Å². The number of nitrogens with zero attached hydrogens (tertiary/aromatic N) is 1. The first-order valence-corrected chi connectivity index (χ1v) is 10.4. The predicted molar refractivity (Wildman–Crippen MR) is 121 cm³/mol. The van der Waals surface area contributed by atoms with Gasteiger partial charge in [0.25, 0.3) is 5.91 Å². The summed E-state index contributed by atoms with van der Waals surface area (Å²) in [6, 6.07) is 18.0. The van der Waals surface area contributed by atoms with Crippen LogP contribution in [0.4, 0.5) is 0 Å². The molecule has 2 N–H and O–H groups in total. The van der Waals surface area contributed by atoms with Gasteiger partial charge >= 0.3 is 0 Å². The van der Waals surface area contributed by atoms with Crippen molar-refractivity contribution in [3.05, 3.63) is 89.7 Å². The zero-order valence-corrected chi connectivity index (χ0v) is 18.2. The van der Waals surface area contributed by atoms with E-state index in [1.807, 2.05) is 36.4 Å². The number of carbonyl (C=O) groups excluding carboxylic acids is 2. The molecule has 0 saturated carbocycles. The quantitative estimate of drug-likeness (QED) is 0.511. The van der Waals surface area contributed by atoms with E-state index < -0.39 is 0 Å². The zero-order chi connectivity index (χ0) is 22.8. The van der Waals surface area contributed by atoms with Gasteiger partial charge in [-0.2, -0.15) is 0 Å². The molecule has 0 radical (unpaired) electrons. The molecule has 0 aliphatic carbocycles. The number of pyridine rings is 1. The molecule has 0 aliphatic rings. The highest BCUT2D eigenvalue weighted by molar-refractivity contribution is 5.94. The normalized spacial score (nSPS) is 11.3. The molecule has 1 atom stereocenters. The van der Waals surface area contributed by atoms with Crippen LogP contribution in [0.25, 0.3) is 0 Å². The lowest BCUT2D eigenvalue weighted by molar-refractivity contribution is -0.121. The standard InChI is InChI=1S/C25H27N3O4/c1-18(28-25(30)21-6-4-3-5-7-21)14-24(29)27-16-20-8-9-22(23(15-20)31-2)32-17-19-10-12-26-13-11-19/h3-13,15,18H,14,16-17H2,1-2H3,(H,27,29)(H,28,30). The Hall–Kier alpha value is -3.87. The Kier molecular flexibility index (Phi) is 8.20. The number of benzene rings is 2. The third-order valence-corrected chi connectivity index (χ3v) is 4.77. The Morgan fingerprint density at radius 2 is 1.72 bits per heavy atom. The van der Waals surface area contributed by atoms with Crippen molar-refractivity contribution >= 4 is 11.8 Å². The molecule has 166 valence electrons. The Bertz CT molecular complexity index is 1030. The second-order valence-corrected chi connectivity index (χ2v) is 7.35. The molecule has 3 rings (SSSR count). The highest BCUT2D eigenvalue weighted by Gasteiger charge is 2.13. The molecule has 1 unspecified atom stereocenters. The van der Waals surface area contributed by atoms with Crippen LogP contribution in [-0.2, 0) is 17.9 Å². The molecule has 2 amide bonds. The van der Waals surface area contributed by atoms with Crippen molar-refractivity contribution in [2.24, 2.45) is 0 Å². The molecule has 0 spiro atoms. The molecular formula is C25H27N3O4. The van der Waals surface area contributed by atoms with Crippen molar-refractivity contribution in [1.82, 2.24) is 15.6 Å². The molecule has 0 fully saturated rings. The van der Waals surface area contributed by atoms with E-state index >= 15 is 0 Å². The second-order valence-electron chi connectivity index (χ2n) is 7.35. The monoisotopic (exact) mass is 433 g/mol. The molecular weight excluding hydrogens is 406 g/mol. The lowest BCUT2D eigenvalue weighted by Gasteiger charge is -2.15. The number of carbonyl (C=O) groups is 2. The largest absolute Gasteiger partial charge is 0.493 e. The van der Waals surface area contributed by atoms with Crippen LogP contribution in [0.2, 0.25) is 0 Å². The van der Waals surface area contributed by atoms with E-state index in [9.17, 15) is 9.59 Å². The van der Waals surface area contributed by atoms with Gasteiger partial charge in [0.15, 0.2) is 11.5 Å². The molecule has 3 aromatic rings. The smallest absolute Gasteiger partial charge is 0.251 e. The van der Waals surface area contributed by atoms with Crippen LogP contribution in [0.1, 0.15) is 34.8 Å². The Morgan fingerprint density at radius 3 is 2.44 bits per heavy atom. The van der Waals surface area contributed by atoms with Crippen LogP contribution in [0.15, 0.2) is 73.1 Å². The number of amides is 2. The van der Waals surface area contributed by atoms with Crippen LogP contribution < -0.4 is 20.1 Å². The van der Waals surface area contributed by atoms with Gasteiger partial charge in [-0.1, -0.05) is 24.3 Å². The van der Waals surface area contributed by atoms with E-state index in [0.29, 0.717) is 30.2 Å². The highest BCUT2D eigenvalue weighted by atomic mass is 16.5. The maximum Gasteiger partial charge on any atom is 0.251 e. The number of rotatable bonds is 10. The minimum atomic E-state index is -0.291. The van der Waals surface area contributed by atoms with Crippen molar-refractivity contribution in [3.8, 4) is 11.5 Å². The van der Waals surface area contributed by atoms with E-state index in [0.717, 1.165) is 11.1 Å². The molecule has 1 heterocycles. The SMILES string of the molecule is COc1cc(CNC(=O)CC(C)NC(=O)c2ccccc2)ccc1OCc1ccncc1. The minimum absolute atomic E-state index is 0.150. The first-order chi connectivity index (χ1) is 15.5. The number of nitrogens with one attached hydrogen (secondary N) is 2. The van der Waals surface area contributed by atoms with Crippen molar-refractivity contribution < 1.29 is 19.1 Å². The van der Waals surface area contributed by atoms with Crippen molar-refractivity contribution in [3.63, 3.8) is 0 Å². The third kappa shape index (κ3) is 6.84. The molecule has 7 heteroatoms. The highest BCUT2D eigenvalue weighted by Crippen LogP contribution is 2.28.